The highest BCUT2D eigenvalue weighted by Gasteiger charge is 2.12. The Hall–Kier alpha value is -2.47. The van der Waals surface area contributed by atoms with Crippen LogP contribution in [-0.2, 0) is 0 Å². The molecule has 22 heavy (non-hydrogen) atoms. The number of methoxy groups -OCH3 is 2. The lowest BCUT2D eigenvalue weighted by Gasteiger charge is -2.10. The van der Waals surface area contributed by atoms with Gasteiger partial charge in [-0.15, -0.1) is 0 Å². The van der Waals surface area contributed by atoms with E-state index in [0.29, 0.717) is 28.4 Å². The van der Waals surface area contributed by atoms with E-state index < -0.39 is 0 Å². The van der Waals surface area contributed by atoms with Crippen molar-refractivity contribution in [3.8, 4) is 11.5 Å². The van der Waals surface area contributed by atoms with Crippen LogP contribution < -0.4 is 20.9 Å². The van der Waals surface area contributed by atoms with Crippen molar-refractivity contribution in [2.75, 3.05) is 14.2 Å². The number of ether oxygens (including phenoxy) is 2. The molecule has 0 bridgehead atoms. The van der Waals surface area contributed by atoms with Gasteiger partial charge in [0.25, 0.3) is 0 Å². The van der Waals surface area contributed by atoms with E-state index in [1.165, 1.54) is 0 Å². The highest BCUT2D eigenvalue weighted by Crippen LogP contribution is 2.36. The molecule has 6 nitrogen and oxygen atoms in total. The molecule has 1 heterocycles. The second-order valence-corrected chi connectivity index (χ2v) is 4.98. The lowest BCUT2D eigenvalue weighted by Crippen LogP contribution is -2.10. The molecule has 7 heteroatoms. The second kappa shape index (κ2) is 6.53. The SMILES string of the molecule is COc1cc(OC)c2c(Cl)nc(N=C(N)C=C(C)N)cc2c1. The number of hydrogen-bond acceptors (Lipinski definition) is 5. The summed E-state index contributed by atoms with van der Waals surface area (Å²) in [6, 6.07) is 5.32. The van der Waals surface area contributed by atoms with E-state index in [4.69, 9.17) is 32.5 Å². The van der Waals surface area contributed by atoms with Crippen molar-refractivity contribution in [2.24, 2.45) is 16.5 Å². The molecule has 4 N–H and O–H groups in total. The van der Waals surface area contributed by atoms with Crippen LogP contribution in [-0.4, -0.2) is 25.0 Å². The van der Waals surface area contributed by atoms with Crippen molar-refractivity contribution < 1.29 is 9.47 Å². The maximum Gasteiger partial charge on any atom is 0.156 e. The third-order valence-corrected chi connectivity index (χ3v) is 3.16. The lowest BCUT2D eigenvalue weighted by atomic mass is 10.1. The van der Waals surface area contributed by atoms with E-state index in [1.807, 2.05) is 6.07 Å². The van der Waals surface area contributed by atoms with Crippen LogP contribution in [0.4, 0.5) is 5.82 Å². The number of hydrogen-bond donors (Lipinski definition) is 2. The van der Waals surface area contributed by atoms with Gasteiger partial charge in [0.15, 0.2) is 5.82 Å². The average Bonchev–Trinajstić information content (AvgIpc) is 2.44. The van der Waals surface area contributed by atoms with Crippen LogP contribution in [0.2, 0.25) is 5.15 Å². The van der Waals surface area contributed by atoms with Crippen molar-refractivity contribution >= 4 is 34.0 Å². The van der Waals surface area contributed by atoms with Gasteiger partial charge in [0, 0.05) is 11.8 Å². The van der Waals surface area contributed by atoms with Gasteiger partial charge in [-0.2, -0.15) is 0 Å². The van der Waals surface area contributed by atoms with E-state index in [2.05, 4.69) is 9.98 Å². The van der Waals surface area contributed by atoms with E-state index in [9.17, 15) is 0 Å². The summed E-state index contributed by atoms with van der Waals surface area (Å²) in [7, 11) is 3.14. The molecule has 0 amide bonds. The van der Waals surface area contributed by atoms with E-state index in [0.717, 1.165) is 5.39 Å². The average molecular weight is 321 g/mol. The number of nitrogens with zero attached hydrogens (tertiary/aromatic N) is 2. The third kappa shape index (κ3) is 3.40. The Bertz CT molecular complexity index is 768. The first-order chi connectivity index (χ1) is 10.4. The number of nitrogens with two attached hydrogens (primary N) is 2. The summed E-state index contributed by atoms with van der Waals surface area (Å²) in [4.78, 5) is 8.40. The molecule has 0 radical (unpaired) electrons. The Morgan fingerprint density at radius 3 is 2.55 bits per heavy atom. The minimum absolute atomic E-state index is 0.248. The van der Waals surface area contributed by atoms with E-state index in [1.54, 1.807) is 39.4 Å². The van der Waals surface area contributed by atoms with Gasteiger partial charge in [-0.05, 0) is 30.5 Å². The van der Waals surface area contributed by atoms with Gasteiger partial charge in [0.2, 0.25) is 0 Å². The van der Waals surface area contributed by atoms with Gasteiger partial charge in [-0.3, -0.25) is 0 Å². The van der Waals surface area contributed by atoms with Gasteiger partial charge < -0.3 is 20.9 Å². The van der Waals surface area contributed by atoms with E-state index >= 15 is 0 Å². The summed E-state index contributed by atoms with van der Waals surface area (Å²) in [6.45, 7) is 1.72. The Balaban J connectivity index is 2.64. The monoisotopic (exact) mass is 320 g/mol. The molecule has 0 aliphatic heterocycles. The Morgan fingerprint density at radius 1 is 1.23 bits per heavy atom. The molecule has 0 aliphatic rings. The van der Waals surface area contributed by atoms with Gasteiger partial charge in [-0.25, -0.2) is 9.98 Å². The number of allylic oxidation sites excluding steroid dienone is 1. The lowest BCUT2D eigenvalue weighted by molar-refractivity contribution is 0.398. The molecule has 1 aromatic heterocycles. The molecule has 2 rings (SSSR count). The molecule has 0 spiro atoms. The van der Waals surface area contributed by atoms with Crippen molar-refractivity contribution in [1.82, 2.24) is 4.98 Å². The number of halogens is 1. The smallest absolute Gasteiger partial charge is 0.156 e. The molecule has 1 aromatic carbocycles. The van der Waals surface area contributed by atoms with Gasteiger partial charge >= 0.3 is 0 Å². The molecule has 0 atom stereocenters. The third-order valence-electron chi connectivity index (χ3n) is 2.88. The molecule has 0 unspecified atom stereocenters. The van der Waals surface area contributed by atoms with Crippen LogP contribution in [0.15, 0.2) is 35.0 Å². The van der Waals surface area contributed by atoms with Crippen molar-refractivity contribution in [1.29, 1.82) is 0 Å². The normalized spacial score (nSPS) is 12.5. The molecular formula is C15H17ClN4O2. The standard InChI is InChI=1S/C15H17ClN4O2/c1-8(17)4-12(18)19-13-6-9-5-10(21-2)7-11(22-3)14(9)15(16)20-13/h4-7H,17H2,1-3H3,(H2,18,19,20). The predicted molar refractivity (Wildman–Crippen MR) is 89.1 cm³/mol. The van der Waals surface area contributed by atoms with E-state index in [-0.39, 0.29) is 11.0 Å². The molecule has 0 saturated heterocycles. The Morgan fingerprint density at radius 2 is 1.95 bits per heavy atom. The van der Waals surface area contributed by atoms with Crippen molar-refractivity contribution in [3.63, 3.8) is 0 Å². The zero-order valence-electron chi connectivity index (χ0n) is 12.6. The number of amidine groups is 1. The molecule has 0 fully saturated rings. The highest BCUT2D eigenvalue weighted by atomic mass is 35.5. The number of aliphatic imine (C=N–C) groups is 1. The highest BCUT2D eigenvalue weighted by molar-refractivity contribution is 6.35. The first-order valence-corrected chi connectivity index (χ1v) is 6.82. The topological polar surface area (TPSA) is 95.8 Å². The maximum atomic E-state index is 6.25. The quantitative estimate of drug-likeness (QED) is 0.513. The van der Waals surface area contributed by atoms with Crippen LogP contribution in [0, 0.1) is 0 Å². The summed E-state index contributed by atoms with van der Waals surface area (Å²) in [5.74, 6) is 1.85. The second-order valence-electron chi connectivity index (χ2n) is 4.62. The van der Waals surface area contributed by atoms with Crippen LogP contribution in [0.5, 0.6) is 11.5 Å². The molecule has 0 saturated carbocycles. The fourth-order valence-corrected chi connectivity index (χ4v) is 2.30. The fourth-order valence-electron chi connectivity index (χ4n) is 2.01. The van der Waals surface area contributed by atoms with Crippen molar-refractivity contribution in [2.45, 2.75) is 6.92 Å². The number of pyridine rings is 1. The van der Waals surface area contributed by atoms with Crippen LogP contribution in [0.3, 0.4) is 0 Å². The van der Waals surface area contributed by atoms with Crippen LogP contribution in [0.25, 0.3) is 10.8 Å². The summed E-state index contributed by atoms with van der Waals surface area (Å²) in [5, 5.41) is 1.75. The number of aromatic nitrogens is 1. The zero-order chi connectivity index (χ0) is 16.3. The minimum atomic E-state index is 0.248. The minimum Gasteiger partial charge on any atom is -0.497 e. The van der Waals surface area contributed by atoms with Crippen LogP contribution >= 0.6 is 11.6 Å². The fraction of sp³-hybridized carbons (Fsp3) is 0.200. The predicted octanol–water partition coefficient (Wildman–Crippen LogP) is 2.76. The first kappa shape index (κ1) is 15.9. The number of benzene rings is 1. The van der Waals surface area contributed by atoms with Gasteiger partial charge in [-0.1, -0.05) is 11.6 Å². The molecular weight excluding hydrogens is 304 g/mol. The largest absolute Gasteiger partial charge is 0.497 e. The maximum absolute atomic E-state index is 6.25. The summed E-state index contributed by atoms with van der Waals surface area (Å²) < 4.78 is 10.6. The summed E-state index contributed by atoms with van der Waals surface area (Å²) >= 11 is 6.25. The Kier molecular flexibility index (Phi) is 4.72. The number of fused-ring (bicyclic) bond motifs is 1. The van der Waals surface area contributed by atoms with Crippen molar-refractivity contribution in [3.05, 3.63) is 35.1 Å². The summed E-state index contributed by atoms with van der Waals surface area (Å²) in [6.07, 6.45) is 1.55. The first-order valence-electron chi connectivity index (χ1n) is 6.44. The number of rotatable bonds is 4. The van der Waals surface area contributed by atoms with Gasteiger partial charge in [0.1, 0.15) is 22.5 Å². The molecule has 116 valence electrons. The van der Waals surface area contributed by atoms with Gasteiger partial charge in [0.05, 0.1) is 19.6 Å². The molecule has 2 aromatic rings. The zero-order valence-corrected chi connectivity index (χ0v) is 13.3. The van der Waals surface area contributed by atoms with Crippen LogP contribution in [0.1, 0.15) is 6.92 Å². The Labute approximate surface area is 133 Å². The summed E-state index contributed by atoms with van der Waals surface area (Å²) in [5.41, 5.74) is 11.9. The molecule has 0 aliphatic carbocycles.